The van der Waals surface area contributed by atoms with Crippen LogP contribution in [-0.4, -0.2) is 47.5 Å². The summed E-state index contributed by atoms with van der Waals surface area (Å²) in [6.07, 6.45) is 2.15. The Morgan fingerprint density at radius 3 is 2.22 bits per heavy atom. The number of guanidine groups is 1. The van der Waals surface area contributed by atoms with Gasteiger partial charge in [-0.15, -0.1) is 0 Å². The lowest BCUT2D eigenvalue weighted by atomic mass is 9.65. The van der Waals surface area contributed by atoms with Gasteiger partial charge in [0, 0.05) is 35.8 Å². The molecular weight excluding hydrogens is 242 g/mol. The number of aliphatic imine (C=N–C) groups is 1. The minimum Gasteiger partial charge on any atom is -0.355 e. The van der Waals surface area contributed by atoms with Crippen LogP contribution in [0.5, 0.6) is 0 Å². The van der Waals surface area contributed by atoms with E-state index in [0.717, 1.165) is 19.0 Å². The second-order valence-corrected chi connectivity index (χ2v) is 8.41. The first-order valence-electron chi connectivity index (χ1n) is 6.61. The molecule has 4 heteroatoms. The predicted octanol–water partition coefficient (Wildman–Crippen LogP) is 2.82. The van der Waals surface area contributed by atoms with Crippen molar-refractivity contribution in [3.63, 3.8) is 0 Å². The largest absolute Gasteiger partial charge is 0.355 e. The molecule has 1 saturated heterocycles. The van der Waals surface area contributed by atoms with Gasteiger partial charge in [0.1, 0.15) is 0 Å². The van der Waals surface area contributed by atoms with Crippen molar-refractivity contribution in [3.8, 4) is 0 Å². The maximum Gasteiger partial charge on any atom is 0.194 e. The number of hydrogen-bond donors (Lipinski definition) is 1. The highest BCUT2D eigenvalue weighted by molar-refractivity contribution is 7.99. The Bertz CT molecular complexity index is 332. The van der Waals surface area contributed by atoms with E-state index in [1.54, 1.807) is 0 Å². The van der Waals surface area contributed by atoms with Crippen LogP contribution < -0.4 is 5.32 Å². The van der Waals surface area contributed by atoms with E-state index in [1.165, 1.54) is 0 Å². The predicted molar refractivity (Wildman–Crippen MR) is 83.5 cm³/mol. The minimum atomic E-state index is 0.165. The highest BCUT2D eigenvalue weighted by Crippen LogP contribution is 2.46. The van der Waals surface area contributed by atoms with Gasteiger partial charge >= 0.3 is 0 Å². The van der Waals surface area contributed by atoms with Crippen molar-refractivity contribution < 1.29 is 0 Å². The summed E-state index contributed by atoms with van der Waals surface area (Å²) in [7, 11) is 1.87. The second-order valence-electron chi connectivity index (χ2n) is 6.89. The molecule has 0 aromatic heterocycles. The zero-order valence-electron chi connectivity index (χ0n) is 13.2. The van der Waals surface area contributed by atoms with Gasteiger partial charge in [0.05, 0.1) is 0 Å². The number of nitrogens with one attached hydrogen (secondary N) is 1. The topological polar surface area (TPSA) is 27.6 Å². The zero-order valence-corrected chi connectivity index (χ0v) is 14.0. The van der Waals surface area contributed by atoms with Crippen molar-refractivity contribution >= 4 is 17.7 Å². The monoisotopic (exact) mass is 271 g/mol. The van der Waals surface area contributed by atoms with Crippen LogP contribution in [-0.2, 0) is 0 Å². The molecule has 1 fully saturated rings. The third-order valence-electron chi connectivity index (χ3n) is 4.58. The zero-order chi connectivity index (χ0) is 14.2. The number of thioether (sulfide) groups is 1. The molecule has 0 radical (unpaired) electrons. The van der Waals surface area contributed by atoms with Crippen LogP contribution in [0, 0.1) is 5.41 Å². The van der Waals surface area contributed by atoms with E-state index >= 15 is 0 Å². The van der Waals surface area contributed by atoms with Crippen LogP contribution >= 0.6 is 11.8 Å². The number of hydrogen-bond acceptors (Lipinski definition) is 2. The molecule has 0 saturated carbocycles. The van der Waals surface area contributed by atoms with Gasteiger partial charge in [0.25, 0.3) is 0 Å². The Labute approximate surface area is 117 Å². The highest BCUT2D eigenvalue weighted by Gasteiger charge is 2.53. The summed E-state index contributed by atoms with van der Waals surface area (Å²) in [5, 5.41) is 3.51. The summed E-state index contributed by atoms with van der Waals surface area (Å²) in [4.78, 5) is 6.81. The Hall–Kier alpha value is -0.380. The fourth-order valence-electron chi connectivity index (χ4n) is 2.06. The molecule has 0 amide bonds. The van der Waals surface area contributed by atoms with Gasteiger partial charge in [0.2, 0.25) is 0 Å². The highest BCUT2D eigenvalue weighted by atomic mass is 32.2. The van der Waals surface area contributed by atoms with Crippen molar-refractivity contribution in [2.24, 2.45) is 10.4 Å². The molecule has 0 bridgehead atoms. The summed E-state index contributed by atoms with van der Waals surface area (Å²) in [5.41, 5.74) is 0.512. The fourth-order valence-corrected chi connectivity index (χ4v) is 2.28. The van der Waals surface area contributed by atoms with Crippen molar-refractivity contribution in [1.29, 1.82) is 0 Å². The number of rotatable bonds is 3. The molecule has 1 rings (SSSR count). The van der Waals surface area contributed by atoms with Crippen LogP contribution in [0.1, 0.15) is 41.5 Å². The molecule has 1 aliphatic heterocycles. The first-order valence-corrected chi connectivity index (χ1v) is 7.83. The van der Waals surface area contributed by atoms with Crippen LogP contribution in [0.15, 0.2) is 4.99 Å². The van der Waals surface area contributed by atoms with E-state index in [1.807, 2.05) is 18.8 Å². The second kappa shape index (κ2) is 4.95. The third kappa shape index (κ3) is 2.79. The molecule has 106 valence electrons. The third-order valence-corrected chi connectivity index (χ3v) is 5.83. The molecule has 3 nitrogen and oxygen atoms in total. The summed E-state index contributed by atoms with van der Waals surface area (Å²) in [6, 6.07) is 0. The van der Waals surface area contributed by atoms with E-state index in [2.05, 4.69) is 63.0 Å². The van der Waals surface area contributed by atoms with E-state index in [0.29, 0.717) is 5.41 Å². The molecule has 0 aliphatic carbocycles. The Balaban J connectivity index is 2.66. The van der Waals surface area contributed by atoms with Gasteiger partial charge in [-0.25, -0.2) is 0 Å². The molecule has 0 atom stereocenters. The lowest BCUT2D eigenvalue weighted by molar-refractivity contribution is -0.0667. The van der Waals surface area contributed by atoms with Gasteiger partial charge in [0.15, 0.2) is 5.96 Å². The van der Waals surface area contributed by atoms with E-state index in [-0.39, 0.29) is 10.3 Å². The molecule has 1 aliphatic rings. The summed E-state index contributed by atoms with van der Waals surface area (Å²) < 4.78 is 0.237. The van der Waals surface area contributed by atoms with Gasteiger partial charge in [-0.1, -0.05) is 13.8 Å². The lowest BCUT2D eigenvalue weighted by Gasteiger charge is -2.62. The molecule has 0 aromatic rings. The van der Waals surface area contributed by atoms with Gasteiger partial charge in [-0.05, 0) is 34.0 Å². The first-order chi connectivity index (χ1) is 8.07. The minimum absolute atomic E-state index is 0.165. The maximum atomic E-state index is 4.43. The Morgan fingerprint density at radius 2 is 1.89 bits per heavy atom. The van der Waals surface area contributed by atoms with Gasteiger partial charge < -0.3 is 10.2 Å². The van der Waals surface area contributed by atoms with E-state index in [4.69, 9.17) is 0 Å². The van der Waals surface area contributed by atoms with E-state index < -0.39 is 0 Å². The van der Waals surface area contributed by atoms with Crippen molar-refractivity contribution in [2.45, 2.75) is 51.8 Å². The standard InChI is InChI=1S/C14H29N3S/c1-12(2)10-17(14(12,5)6)11(15-7)16-9-13(3,4)18-8/h9-10H2,1-8H3,(H,15,16). The Morgan fingerprint density at radius 1 is 1.33 bits per heavy atom. The normalized spacial score (nSPS) is 22.7. The van der Waals surface area contributed by atoms with E-state index in [9.17, 15) is 0 Å². The Kier molecular flexibility index (Phi) is 4.31. The van der Waals surface area contributed by atoms with Crippen molar-refractivity contribution in [2.75, 3.05) is 26.4 Å². The smallest absolute Gasteiger partial charge is 0.194 e. The quantitative estimate of drug-likeness (QED) is 0.632. The molecular formula is C14H29N3S. The molecule has 0 spiro atoms. The summed E-state index contributed by atoms with van der Waals surface area (Å²) in [5.74, 6) is 1.03. The lowest BCUT2D eigenvalue weighted by Crippen LogP contribution is -2.72. The first kappa shape index (κ1) is 15.7. The van der Waals surface area contributed by atoms with Crippen LogP contribution in [0.2, 0.25) is 0 Å². The average Bonchev–Trinajstić information content (AvgIpc) is 2.28. The van der Waals surface area contributed by atoms with Crippen molar-refractivity contribution in [1.82, 2.24) is 10.2 Å². The maximum absolute atomic E-state index is 4.43. The molecule has 1 N–H and O–H groups in total. The summed E-state index contributed by atoms with van der Waals surface area (Å²) >= 11 is 1.88. The van der Waals surface area contributed by atoms with Crippen molar-refractivity contribution in [3.05, 3.63) is 0 Å². The fraction of sp³-hybridized carbons (Fsp3) is 0.929. The number of nitrogens with zero attached hydrogens (tertiary/aromatic N) is 2. The number of likely N-dealkylation sites (tertiary alicyclic amines) is 1. The average molecular weight is 271 g/mol. The van der Waals surface area contributed by atoms with Crippen LogP contribution in [0.3, 0.4) is 0 Å². The SMILES string of the molecule is CN=C(NCC(C)(C)SC)N1CC(C)(C)C1(C)C. The van der Waals surface area contributed by atoms with Crippen LogP contribution in [0.25, 0.3) is 0 Å². The molecule has 0 aromatic carbocycles. The van der Waals surface area contributed by atoms with Crippen LogP contribution in [0.4, 0.5) is 0 Å². The molecule has 1 heterocycles. The van der Waals surface area contributed by atoms with Gasteiger partial charge in [-0.2, -0.15) is 11.8 Å². The molecule has 0 unspecified atom stereocenters. The summed E-state index contributed by atoms with van der Waals surface area (Å²) in [6.45, 7) is 15.7. The van der Waals surface area contributed by atoms with Gasteiger partial charge in [-0.3, -0.25) is 4.99 Å². The molecule has 18 heavy (non-hydrogen) atoms.